The summed E-state index contributed by atoms with van der Waals surface area (Å²) < 4.78 is 5.31. The summed E-state index contributed by atoms with van der Waals surface area (Å²) in [5, 5.41) is 0. The molecule has 0 radical (unpaired) electrons. The number of nitrogens with zero attached hydrogens (tertiary/aromatic N) is 4. The van der Waals surface area contributed by atoms with Gasteiger partial charge >= 0.3 is 6.03 Å². The van der Waals surface area contributed by atoms with E-state index in [-0.39, 0.29) is 18.0 Å². The van der Waals surface area contributed by atoms with Crippen LogP contribution in [0.2, 0.25) is 0 Å². The number of hydrogen-bond acceptors (Lipinski definition) is 5. The van der Waals surface area contributed by atoms with Gasteiger partial charge in [0.2, 0.25) is 0 Å². The van der Waals surface area contributed by atoms with Crippen LogP contribution in [-0.4, -0.2) is 78.1 Å². The summed E-state index contributed by atoms with van der Waals surface area (Å²) in [6.45, 7) is 7.46. The molecular weight excluding hydrogens is 488 g/mol. The van der Waals surface area contributed by atoms with Crippen LogP contribution in [0.4, 0.5) is 10.5 Å². The Morgan fingerprint density at radius 2 is 1.59 bits per heavy atom. The molecule has 2 aromatic rings. The molecule has 0 aromatic heterocycles. The van der Waals surface area contributed by atoms with Crippen molar-refractivity contribution < 1.29 is 14.3 Å². The molecular formula is C32H42N4O3. The summed E-state index contributed by atoms with van der Waals surface area (Å²) in [5.41, 5.74) is 3.22. The van der Waals surface area contributed by atoms with Gasteiger partial charge in [-0.15, -0.1) is 0 Å². The maximum Gasteiger partial charge on any atom is 0.327 e. The summed E-state index contributed by atoms with van der Waals surface area (Å²) in [5.74, 6) is 1.26. The Labute approximate surface area is 232 Å². The fourth-order valence-corrected chi connectivity index (χ4v) is 7.48. The Kier molecular flexibility index (Phi) is 7.27. The predicted molar refractivity (Wildman–Crippen MR) is 153 cm³/mol. The van der Waals surface area contributed by atoms with Gasteiger partial charge in [-0.3, -0.25) is 14.6 Å². The third kappa shape index (κ3) is 4.79. The van der Waals surface area contributed by atoms with Gasteiger partial charge in [0.15, 0.2) is 0 Å². The molecule has 0 bridgehead atoms. The minimum absolute atomic E-state index is 0.0160. The van der Waals surface area contributed by atoms with E-state index in [9.17, 15) is 9.59 Å². The maximum absolute atomic E-state index is 14.0. The average Bonchev–Trinajstić information content (AvgIpc) is 3.71. The van der Waals surface area contributed by atoms with Gasteiger partial charge in [-0.2, -0.15) is 0 Å². The van der Waals surface area contributed by atoms with E-state index in [4.69, 9.17) is 4.74 Å². The zero-order valence-corrected chi connectivity index (χ0v) is 23.5. The van der Waals surface area contributed by atoms with Gasteiger partial charge in [-0.05, 0) is 93.2 Å². The normalized spacial score (nSPS) is 25.3. The molecule has 3 amide bonds. The van der Waals surface area contributed by atoms with Gasteiger partial charge in [0, 0.05) is 51.0 Å². The molecule has 208 valence electrons. The van der Waals surface area contributed by atoms with Gasteiger partial charge in [0.25, 0.3) is 5.91 Å². The number of amides is 3. The standard InChI is InChI=1S/C32H42N4O3/c1-3-35-31(38)36(28-13-8-26(22-28)25-9-14-29(39-2)15-10-25)30(37)32(35)16-20-33(21-17-32)23-24-6-11-27(12-7-24)34-18-4-5-19-34/h6-7,9-12,14-15,26,28H,3-5,8,13,16-23H2,1-2H3. The second-order valence-electron chi connectivity index (χ2n) is 11.8. The number of likely N-dealkylation sites (tertiary alicyclic amines) is 1. The van der Waals surface area contributed by atoms with Crippen molar-refractivity contribution in [3.63, 3.8) is 0 Å². The monoisotopic (exact) mass is 530 g/mol. The number of ether oxygens (including phenoxy) is 1. The number of likely N-dealkylation sites (N-methyl/N-ethyl adjacent to an activating group) is 1. The van der Waals surface area contributed by atoms with Crippen molar-refractivity contribution in [1.82, 2.24) is 14.7 Å². The molecule has 2 aromatic carbocycles. The van der Waals surface area contributed by atoms with Crippen LogP contribution >= 0.6 is 0 Å². The lowest BCUT2D eigenvalue weighted by molar-refractivity contribution is -0.137. The van der Waals surface area contributed by atoms with E-state index in [0.29, 0.717) is 25.3 Å². The number of piperidine rings is 1. The number of benzene rings is 2. The first-order valence-electron chi connectivity index (χ1n) is 14.9. The highest BCUT2D eigenvalue weighted by Crippen LogP contribution is 2.44. The van der Waals surface area contributed by atoms with Gasteiger partial charge in [0.05, 0.1) is 7.11 Å². The number of methoxy groups -OCH3 is 1. The van der Waals surface area contributed by atoms with E-state index in [0.717, 1.165) is 57.7 Å². The van der Waals surface area contributed by atoms with Gasteiger partial charge < -0.3 is 14.5 Å². The van der Waals surface area contributed by atoms with E-state index in [2.05, 4.69) is 46.2 Å². The fraction of sp³-hybridized carbons (Fsp3) is 0.562. The number of anilines is 1. The molecule has 2 unspecified atom stereocenters. The average molecular weight is 531 g/mol. The Hall–Kier alpha value is -3.06. The lowest BCUT2D eigenvalue weighted by Crippen LogP contribution is -2.56. The molecule has 4 fully saturated rings. The summed E-state index contributed by atoms with van der Waals surface area (Å²) in [6.07, 6.45) is 6.71. The minimum Gasteiger partial charge on any atom is -0.497 e. The third-order valence-electron chi connectivity index (χ3n) is 9.74. The molecule has 4 aliphatic rings. The van der Waals surface area contributed by atoms with E-state index >= 15 is 0 Å². The number of hydrogen-bond donors (Lipinski definition) is 0. The molecule has 3 aliphatic heterocycles. The molecule has 1 spiro atoms. The van der Waals surface area contributed by atoms with Crippen LogP contribution in [0.25, 0.3) is 0 Å². The van der Waals surface area contributed by atoms with Crippen LogP contribution in [0.15, 0.2) is 48.5 Å². The number of imide groups is 1. The number of carbonyl (C=O) groups excluding carboxylic acids is 2. The fourth-order valence-electron chi connectivity index (χ4n) is 7.48. The molecule has 1 saturated carbocycles. The summed E-state index contributed by atoms with van der Waals surface area (Å²) >= 11 is 0. The maximum atomic E-state index is 14.0. The van der Waals surface area contributed by atoms with Crippen molar-refractivity contribution in [3.8, 4) is 5.75 Å². The first-order chi connectivity index (χ1) is 19.0. The zero-order valence-electron chi connectivity index (χ0n) is 23.5. The molecule has 3 saturated heterocycles. The SMILES string of the molecule is CCN1C(=O)N(C2CCC(c3ccc(OC)cc3)C2)C(=O)C12CCN(Cc1ccc(N3CCCC3)cc1)CC2. The van der Waals surface area contributed by atoms with Gasteiger partial charge in [-0.1, -0.05) is 24.3 Å². The summed E-state index contributed by atoms with van der Waals surface area (Å²) in [6, 6.07) is 17.2. The van der Waals surface area contributed by atoms with Gasteiger partial charge in [0.1, 0.15) is 11.3 Å². The van der Waals surface area contributed by atoms with Crippen molar-refractivity contribution >= 4 is 17.6 Å². The van der Waals surface area contributed by atoms with Crippen molar-refractivity contribution in [1.29, 1.82) is 0 Å². The second-order valence-corrected chi connectivity index (χ2v) is 11.8. The summed E-state index contributed by atoms with van der Waals surface area (Å²) in [4.78, 5) is 36.1. The predicted octanol–water partition coefficient (Wildman–Crippen LogP) is 5.25. The smallest absolute Gasteiger partial charge is 0.327 e. The Morgan fingerprint density at radius 1 is 0.897 bits per heavy atom. The quantitative estimate of drug-likeness (QED) is 0.458. The van der Waals surface area contributed by atoms with E-state index < -0.39 is 5.54 Å². The first-order valence-corrected chi connectivity index (χ1v) is 14.9. The molecule has 39 heavy (non-hydrogen) atoms. The lowest BCUT2D eigenvalue weighted by Gasteiger charge is -2.42. The Bertz CT molecular complexity index is 1170. The first kappa shape index (κ1) is 26.2. The molecule has 0 N–H and O–H groups in total. The largest absolute Gasteiger partial charge is 0.497 e. The topological polar surface area (TPSA) is 56.3 Å². The number of carbonyl (C=O) groups is 2. The zero-order chi connectivity index (χ0) is 27.0. The van der Waals surface area contributed by atoms with Gasteiger partial charge in [-0.25, -0.2) is 4.79 Å². The van der Waals surface area contributed by atoms with Crippen molar-refractivity contribution in [2.45, 2.75) is 75.9 Å². The third-order valence-corrected chi connectivity index (χ3v) is 9.74. The Morgan fingerprint density at radius 3 is 2.23 bits per heavy atom. The van der Waals surface area contributed by atoms with Crippen LogP contribution in [0.5, 0.6) is 5.75 Å². The second kappa shape index (κ2) is 10.8. The van der Waals surface area contributed by atoms with E-state index in [1.807, 2.05) is 24.0 Å². The molecule has 6 rings (SSSR count). The molecule has 7 heteroatoms. The minimum atomic E-state index is -0.680. The summed E-state index contributed by atoms with van der Waals surface area (Å²) in [7, 11) is 1.68. The Balaban J connectivity index is 1.09. The van der Waals surface area contributed by atoms with Crippen LogP contribution in [0.1, 0.15) is 68.9 Å². The van der Waals surface area contributed by atoms with Crippen LogP contribution in [-0.2, 0) is 11.3 Å². The highest BCUT2D eigenvalue weighted by molar-refractivity contribution is 6.07. The number of rotatable bonds is 7. The highest BCUT2D eigenvalue weighted by atomic mass is 16.5. The molecule has 2 atom stereocenters. The highest BCUT2D eigenvalue weighted by Gasteiger charge is 2.59. The van der Waals surface area contributed by atoms with Crippen molar-refractivity contribution in [3.05, 3.63) is 59.7 Å². The van der Waals surface area contributed by atoms with Crippen LogP contribution < -0.4 is 9.64 Å². The van der Waals surface area contributed by atoms with Crippen LogP contribution in [0.3, 0.4) is 0 Å². The van der Waals surface area contributed by atoms with E-state index in [1.54, 1.807) is 12.0 Å². The molecule has 1 aliphatic carbocycles. The van der Waals surface area contributed by atoms with Crippen molar-refractivity contribution in [2.75, 3.05) is 44.7 Å². The molecule has 7 nitrogen and oxygen atoms in total. The number of urea groups is 1. The lowest BCUT2D eigenvalue weighted by atomic mass is 9.85. The van der Waals surface area contributed by atoms with E-state index in [1.165, 1.54) is 29.7 Å². The van der Waals surface area contributed by atoms with Crippen LogP contribution in [0, 0.1) is 0 Å². The van der Waals surface area contributed by atoms with Crippen molar-refractivity contribution in [2.24, 2.45) is 0 Å². The molecule has 3 heterocycles.